The van der Waals surface area contributed by atoms with E-state index in [2.05, 4.69) is 37.4 Å². The molecule has 0 spiro atoms. The minimum atomic E-state index is -0.421. The van der Waals surface area contributed by atoms with Crippen LogP contribution in [0, 0.1) is 10.1 Å². The van der Waals surface area contributed by atoms with Gasteiger partial charge in [-0.1, -0.05) is 18.2 Å². The molecule has 0 radical (unpaired) electrons. The third kappa shape index (κ3) is 5.87. The van der Waals surface area contributed by atoms with E-state index in [1.165, 1.54) is 23.9 Å². The summed E-state index contributed by atoms with van der Waals surface area (Å²) in [6.45, 7) is 1.39. The van der Waals surface area contributed by atoms with Crippen LogP contribution in [0.15, 0.2) is 70.8 Å². The van der Waals surface area contributed by atoms with E-state index in [0.717, 1.165) is 12.8 Å². The van der Waals surface area contributed by atoms with Crippen molar-refractivity contribution in [3.8, 4) is 0 Å². The third-order valence-corrected chi connectivity index (χ3v) is 6.64. The molecule has 0 unspecified atom stereocenters. The first kappa shape index (κ1) is 23.2. The van der Waals surface area contributed by atoms with Gasteiger partial charge in [0.25, 0.3) is 0 Å². The molecule has 1 saturated heterocycles. The van der Waals surface area contributed by atoms with Crippen molar-refractivity contribution >= 4 is 53.1 Å². The SMILES string of the molecule is NC=[NH+]C=Nc1ccc(Nc2ncnc(N3CCC(Sc4ccccc4)CC3)c2[N+](=O)[O-])cc1. The molecule has 11 heteroatoms. The fourth-order valence-corrected chi connectivity index (χ4v) is 4.81. The van der Waals surface area contributed by atoms with Crippen molar-refractivity contribution in [1.29, 1.82) is 0 Å². The number of nitrogens with two attached hydrogens (primary N) is 1. The fraction of sp³-hybridized carbons (Fsp3) is 0.217. The Kier molecular flexibility index (Phi) is 7.66. The molecule has 1 aliphatic rings. The summed E-state index contributed by atoms with van der Waals surface area (Å²) >= 11 is 1.86. The summed E-state index contributed by atoms with van der Waals surface area (Å²) in [5.74, 6) is 0.502. The smallest absolute Gasteiger partial charge is 0.351 e. The second-order valence-electron chi connectivity index (χ2n) is 7.53. The first-order chi connectivity index (χ1) is 16.6. The van der Waals surface area contributed by atoms with Gasteiger partial charge in [0.1, 0.15) is 12.0 Å². The van der Waals surface area contributed by atoms with Crippen LogP contribution < -0.4 is 20.9 Å². The normalized spacial score (nSPS) is 14.6. The van der Waals surface area contributed by atoms with Gasteiger partial charge in [-0.2, -0.15) is 0 Å². The topological polar surface area (TPSA) is 137 Å². The molecular weight excluding hydrogens is 452 g/mol. The van der Waals surface area contributed by atoms with Crippen LogP contribution in [0.5, 0.6) is 0 Å². The molecular formula is C23H25N8O2S+. The van der Waals surface area contributed by atoms with E-state index >= 15 is 0 Å². The highest BCUT2D eigenvalue weighted by molar-refractivity contribution is 8.00. The number of aliphatic imine (C=N–C) groups is 1. The van der Waals surface area contributed by atoms with Crippen LogP contribution in [0.1, 0.15) is 12.8 Å². The van der Waals surface area contributed by atoms with Crippen molar-refractivity contribution in [3.05, 3.63) is 71.0 Å². The summed E-state index contributed by atoms with van der Waals surface area (Å²) in [5, 5.41) is 15.5. The molecule has 1 fully saturated rings. The molecule has 4 rings (SSSR count). The molecule has 3 aromatic rings. The van der Waals surface area contributed by atoms with Gasteiger partial charge in [0.15, 0.2) is 6.34 Å². The van der Waals surface area contributed by atoms with Crippen molar-refractivity contribution in [2.75, 3.05) is 23.3 Å². The van der Waals surface area contributed by atoms with Crippen molar-refractivity contribution in [3.63, 3.8) is 0 Å². The summed E-state index contributed by atoms with van der Waals surface area (Å²) in [6.07, 6.45) is 5.94. The summed E-state index contributed by atoms with van der Waals surface area (Å²) < 4.78 is 0. The van der Waals surface area contributed by atoms with Crippen molar-refractivity contribution in [1.82, 2.24) is 9.97 Å². The fourth-order valence-electron chi connectivity index (χ4n) is 3.66. The summed E-state index contributed by atoms with van der Waals surface area (Å²) in [5.41, 5.74) is 6.47. The van der Waals surface area contributed by atoms with Gasteiger partial charge in [-0.05, 0) is 49.2 Å². The van der Waals surface area contributed by atoms with E-state index in [1.54, 1.807) is 24.3 Å². The predicted octanol–water partition coefficient (Wildman–Crippen LogP) is 2.62. The first-order valence-electron chi connectivity index (χ1n) is 10.8. The number of piperidine rings is 1. The lowest BCUT2D eigenvalue weighted by Gasteiger charge is -2.32. The van der Waals surface area contributed by atoms with Crippen LogP contribution in [0.25, 0.3) is 0 Å². The lowest BCUT2D eigenvalue weighted by Crippen LogP contribution is -2.68. The predicted molar refractivity (Wildman–Crippen MR) is 135 cm³/mol. The minimum Gasteiger partial charge on any atom is -0.351 e. The number of nitrogens with one attached hydrogen (secondary N) is 2. The maximum atomic E-state index is 12.0. The van der Waals surface area contributed by atoms with Crippen LogP contribution in [-0.2, 0) is 0 Å². The van der Waals surface area contributed by atoms with Crippen LogP contribution in [0.4, 0.5) is 28.7 Å². The van der Waals surface area contributed by atoms with Crippen molar-refractivity contribution < 1.29 is 9.92 Å². The lowest BCUT2D eigenvalue weighted by molar-refractivity contribution is -0.383. The van der Waals surface area contributed by atoms with E-state index in [9.17, 15) is 10.1 Å². The van der Waals surface area contributed by atoms with Gasteiger partial charge < -0.3 is 16.0 Å². The number of hydrogen-bond donors (Lipinski definition) is 3. The molecule has 174 valence electrons. The molecule has 10 nitrogen and oxygen atoms in total. The van der Waals surface area contributed by atoms with E-state index in [0.29, 0.717) is 35.5 Å². The summed E-state index contributed by atoms with van der Waals surface area (Å²) in [7, 11) is 0. The quantitative estimate of drug-likeness (QED) is 0.195. The zero-order valence-electron chi connectivity index (χ0n) is 18.4. The molecule has 0 aliphatic carbocycles. The molecule has 0 saturated carbocycles. The Labute approximate surface area is 201 Å². The largest absolute Gasteiger partial charge is 0.353 e. The Morgan fingerprint density at radius 1 is 1.15 bits per heavy atom. The van der Waals surface area contributed by atoms with E-state index in [-0.39, 0.29) is 11.5 Å². The number of nitro groups is 1. The Hall–Kier alpha value is -3.99. The molecule has 4 N–H and O–H groups in total. The highest BCUT2D eigenvalue weighted by Gasteiger charge is 2.30. The highest BCUT2D eigenvalue weighted by Crippen LogP contribution is 2.37. The monoisotopic (exact) mass is 477 g/mol. The lowest BCUT2D eigenvalue weighted by atomic mass is 10.1. The standard InChI is InChI=1S/C23H24N8O2S/c24-14-25-15-26-17-6-8-18(9-7-17)29-22-21(31(32)33)23(28-16-27-22)30-12-10-20(11-13-30)34-19-4-2-1-3-5-19/h1-9,14-16,20H,10-13H2,(H2,24,25,26)(H,27,28,29)/p+1. The molecule has 34 heavy (non-hydrogen) atoms. The van der Waals surface area contributed by atoms with Crippen LogP contribution in [0.3, 0.4) is 0 Å². The average molecular weight is 478 g/mol. The number of aromatic nitrogens is 2. The Balaban J connectivity index is 1.47. The van der Waals surface area contributed by atoms with Gasteiger partial charge in [0.2, 0.25) is 18.0 Å². The molecule has 0 amide bonds. The molecule has 2 heterocycles. The maximum Gasteiger partial charge on any atom is 0.353 e. The van der Waals surface area contributed by atoms with E-state index in [1.807, 2.05) is 34.9 Å². The third-order valence-electron chi connectivity index (χ3n) is 5.29. The van der Waals surface area contributed by atoms with Gasteiger partial charge in [-0.3, -0.25) is 15.1 Å². The number of rotatable bonds is 8. The van der Waals surface area contributed by atoms with Crippen molar-refractivity contribution in [2.24, 2.45) is 10.7 Å². The van der Waals surface area contributed by atoms with E-state index < -0.39 is 4.92 Å². The van der Waals surface area contributed by atoms with Gasteiger partial charge >= 0.3 is 5.69 Å². The number of nitrogens with zero attached hydrogens (tertiary/aromatic N) is 5. The molecule has 2 aromatic carbocycles. The maximum absolute atomic E-state index is 12.0. The number of hydrogen-bond acceptors (Lipinski definition) is 8. The molecule has 1 aromatic heterocycles. The number of benzene rings is 2. The second kappa shape index (κ2) is 11.2. The second-order valence-corrected chi connectivity index (χ2v) is 8.91. The van der Waals surface area contributed by atoms with Crippen LogP contribution >= 0.6 is 11.8 Å². The summed E-state index contributed by atoms with van der Waals surface area (Å²) in [6, 6.07) is 17.4. The van der Waals surface area contributed by atoms with Gasteiger partial charge in [-0.25, -0.2) is 9.97 Å². The zero-order chi connectivity index (χ0) is 23.8. The van der Waals surface area contributed by atoms with Crippen LogP contribution in [-0.4, -0.2) is 45.9 Å². The Morgan fingerprint density at radius 2 is 1.88 bits per heavy atom. The van der Waals surface area contributed by atoms with Gasteiger partial charge in [0.05, 0.1) is 4.92 Å². The van der Waals surface area contributed by atoms with Crippen LogP contribution in [0.2, 0.25) is 0 Å². The first-order valence-corrected chi connectivity index (χ1v) is 11.7. The summed E-state index contributed by atoms with van der Waals surface area (Å²) in [4.78, 5) is 30.1. The minimum absolute atomic E-state index is 0.124. The van der Waals surface area contributed by atoms with Gasteiger partial charge in [-0.15, -0.1) is 16.8 Å². The number of anilines is 3. The average Bonchev–Trinajstić information content (AvgIpc) is 2.86. The van der Waals surface area contributed by atoms with Gasteiger partial charge in [0, 0.05) is 28.9 Å². The Bertz CT molecular complexity index is 1160. The van der Waals surface area contributed by atoms with E-state index in [4.69, 9.17) is 5.73 Å². The zero-order valence-corrected chi connectivity index (χ0v) is 19.2. The highest BCUT2D eigenvalue weighted by atomic mass is 32.2. The molecule has 0 bridgehead atoms. The van der Waals surface area contributed by atoms with Crippen molar-refractivity contribution in [2.45, 2.75) is 23.0 Å². The number of thioether (sulfide) groups is 1. The Morgan fingerprint density at radius 3 is 2.56 bits per heavy atom. The molecule has 0 atom stereocenters. The molecule has 1 aliphatic heterocycles.